The van der Waals surface area contributed by atoms with E-state index in [1.807, 2.05) is 12.1 Å². The predicted molar refractivity (Wildman–Crippen MR) is 56.2 cm³/mol. The van der Waals surface area contributed by atoms with Crippen molar-refractivity contribution in [1.29, 1.82) is 0 Å². The molecule has 0 radical (unpaired) electrons. The quantitative estimate of drug-likeness (QED) is 0.845. The van der Waals surface area contributed by atoms with Crippen LogP contribution in [0.15, 0.2) is 22.8 Å². The lowest BCUT2D eigenvalue weighted by atomic mass is 10.2. The number of nitrogens with zero attached hydrogens (tertiary/aromatic N) is 1. The predicted octanol–water partition coefficient (Wildman–Crippen LogP) is 2.27. The average molecular weight is 212 g/mol. The molecule has 0 saturated carbocycles. The van der Waals surface area contributed by atoms with Crippen molar-refractivity contribution in [2.75, 3.05) is 13.4 Å². The van der Waals surface area contributed by atoms with E-state index in [4.69, 9.17) is 9.37 Å². The largest absolute Gasteiger partial charge is 0.497 e. The van der Waals surface area contributed by atoms with Crippen molar-refractivity contribution in [3.63, 3.8) is 0 Å². The number of aromatic nitrogens is 2. The van der Waals surface area contributed by atoms with Crippen LogP contribution in [0.1, 0.15) is 5.56 Å². The third-order valence-electron chi connectivity index (χ3n) is 1.91. The standard InChI is InChI=1S/C9H12N2O2S/c1-12-9-4-7(6-14-2)3-8(5-9)11-10-13-11/h3-5,10H,6H2,1-2H3. The highest BCUT2D eigenvalue weighted by Crippen LogP contribution is 2.22. The van der Waals surface area contributed by atoms with Gasteiger partial charge in [0.15, 0.2) is 0 Å². The summed E-state index contributed by atoms with van der Waals surface area (Å²) in [6.45, 7) is 0. The van der Waals surface area contributed by atoms with Gasteiger partial charge in [-0.05, 0) is 24.0 Å². The van der Waals surface area contributed by atoms with E-state index in [0.717, 1.165) is 17.2 Å². The summed E-state index contributed by atoms with van der Waals surface area (Å²) in [7, 11) is 1.67. The van der Waals surface area contributed by atoms with Gasteiger partial charge in [0, 0.05) is 11.8 Å². The number of hydrogen-bond donors (Lipinski definition) is 1. The first-order chi connectivity index (χ1) is 6.83. The smallest absolute Gasteiger partial charge is 0.121 e. The van der Waals surface area contributed by atoms with E-state index in [1.54, 1.807) is 23.7 Å². The zero-order valence-electron chi connectivity index (χ0n) is 8.11. The molecule has 76 valence electrons. The molecule has 0 fully saturated rings. The Morgan fingerprint density at radius 1 is 1.50 bits per heavy atom. The monoisotopic (exact) mass is 212 g/mol. The molecule has 0 unspecified atom stereocenters. The van der Waals surface area contributed by atoms with Crippen LogP contribution in [0.4, 0.5) is 0 Å². The summed E-state index contributed by atoms with van der Waals surface area (Å²) in [6, 6.07) is 6.02. The van der Waals surface area contributed by atoms with Crippen molar-refractivity contribution in [1.82, 2.24) is 10.1 Å². The van der Waals surface area contributed by atoms with E-state index >= 15 is 0 Å². The maximum Gasteiger partial charge on any atom is 0.121 e. The number of methoxy groups -OCH3 is 1. The number of rotatable bonds is 4. The van der Waals surface area contributed by atoms with Gasteiger partial charge < -0.3 is 4.74 Å². The first-order valence-electron chi connectivity index (χ1n) is 4.23. The molecule has 1 aromatic carbocycles. The minimum absolute atomic E-state index is 0.851. The number of benzene rings is 1. The van der Waals surface area contributed by atoms with Gasteiger partial charge in [-0.15, -0.1) is 0 Å². The summed E-state index contributed by atoms with van der Waals surface area (Å²) in [5.74, 6) is 1.82. The van der Waals surface area contributed by atoms with Gasteiger partial charge in [0.05, 0.1) is 7.11 Å². The zero-order chi connectivity index (χ0) is 9.97. The van der Waals surface area contributed by atoms with Crippen LogP contribution < -0.4 is 4.74 Å². The Balaban J connectivity index is 2.33. The lowest BCUT2D eigenvalue weighted by Crippen LogP contribution is -1.91. The van der Waals surface area contributed by atoms with Crippen LogP contribution in [0.5, 0.6) is 5.75 Å². The van der Waals surface area contributed by atoms with Gasteiger partial charge in [-0.2, -0.15) is 11.8 Å². The summed E-state index contributed by atoms with van der Waals surface area (Å²) >= 11 is 1.78. The molecule has 0 aliphatic rings. The molecule has 0 aliphatic heterocycles. The Bertz CT molecular complexity index is 394. The van der Waals surface area contributed by atoms with Crippen LogP contribution in [0, 0.1) is 0 Å². The Labute approximate surface area is 86.1 Å². The fourth-order valence-corrected chi connectivity index (χ4v) is 1.75. The SMILES string of the molecule is COc1cc(CSC)cc(-n2[nH]o2)c1. The second-order valence-electron chi connectivity index (χ2n) is 2.95. The Hall–Kier alpha value is -1.23. The van der Waals surface area contributed by atoms with E-state index in [2.05, 4.69) is 17.6 Å². The molecule has 0 bridgehead atoms. The van der Waals surface area contributed by atoms with Crippen molar-refractivity contribution in [3.8, 4) is 11.4 Å². The molecule has 0 aliphatic carbocycles. The van der Waals surface area contributed by atoms with Gasteiger partial charge >= 0.3 is 0 Å². The molecule has 4 nitrogen and oxygen atoms in total. The lowest BCUT2D eigenvalue weighted by Gasteiger charge is -2.04. The highest BCUT2D eigenvalue weighted by molar-refractivity contribution is 7.97. The number of H-pyrrole nitrogens is 1. The van der Waals surface area contributed by atoms with Crippen LogP contribution in [0.3, 0.4) is 0 Å². The molecule has 2 rings (SSSR count). The van der Waals surface area contributed by atoms with Crippen LogP contribution in [-0.4, -0.2) is 23.5 Å². The molecular formula is C9H12N2O2S. The lowest BCUT2D eigenvalue weighted by molar-refractivity contribution is 0.413. The number of nitrogens with one attached hydrogen (secondary N) is 1. The van der Waals surface area contributed by atoms with Crippen LogP contribution in [0.25, 0.3) is 5.69 Å². The molecule has 0 atom stereocenters. The first-order valence-corrected chi connectivity index (χ1v) is 5.62. The van der Waals surface area contributed by atoms with E-state index in [0.29, 0.717) is 0 Å². The molecule has 0 spiro atoms. The first kappa shape index (κ1) is 9.33. The summed E-state index contributed by atoms with van der Waals surface area (Å²) in [5.41, 5.74) is 2.19. The van der Waals surface area contributed by atoms with Gasteiger partial charge in [0.25, 0.3) is 0 Å². The van der Waals surface area contributed by atoms with E-state index < -0.39 is 0 Å². The number of ether oxygens (including phenoxy) is 1. The molecular weight excluding hydrogens is 200 g/mol. The van der Waals surface area contributed by atoms with Crippen molar-refractivity contribution >= 4 is 11.8 Å². The Kier molecular flexibility index (Phi) is 2.58. The number of hydrogen-bond acceptors (Lipinski definition) is 3. The van der Waals surface area contributed by atoms with Gasteiger partial charge in [-0.1, -0.05) is 10.1 Å². The molecule has 5 heteroatoms. The topological polar surface area (TPSA) is 43.1 Å². The highest BCUT2D eigenvalue weighted by atomic mass is 32.2. The number of aromatic amines is 1. The van der Waals surface area contributed by atoms with Crippen molar-refractivity contribution < 1.29 is 9.37 Å². The molecule has 1 N–H and O–H groups in total. The summed E-state index contributed by atoms with van der Waals surface area (Å²) < 4.78 is 10.0. The highest BCUT2D eigenvalue weighted by Gasteiger charge is 2.07. The van der Waals surface area contributed by atoms with Crippen LogP contribution in [0.2, 0.25) is 0 Å². The van der Waals surface area contributed by atoms with E-state index in [-0.39, 0.29) is 0 Å². The minimum Gasteiger partial charge on any atom is -0.497 e. The average Bonchev–Trinajstić information content (AvgIpc) is 3.01. The van der Waals surface area contributed by atoms with Gasteiger partial charge in [0.2, 0.25) is 0 Å². The normalized spacial score (nSPS) is 10.7. The summed E-state index contributed by atoms with van der Waals surface area (Å²) in [5, 5.41) is 2.64. The van der Waals surface area contributed by atoms with Crippen LogP contribution in [-0.2, 0) is 5.75 Å². The minimum atomic E-state index is 0.851. The van der Waals surface area contributed by atoms with Gasteiger partial charge in [-0.3, -0.25) is 4.63 Å². The van der Waals surface area contributed by atoms with Gasteiger partial charge in [-0.25, -0.2) is 0 Å². The van der Waals surface area contributed by atoms with Crippen molar-refractivity contribution in [2.45, 2.75) is 5.75 Å². The third kappa shape index (κ3) is 1.98. The van der Waals surface area contributed by atoms with E-state index in [9.17, 15) is 0 Å². The molecule has 1 aromatic heterocycles. The molecule has 0 amide bonds. The van der Waals surface area contributed by atoms with Crippen molar-refractivity contribution in [3.05, 3.63) is 23.8 Å². The second kappa shape index (κ2) is 3.88. The molecule has 14 heavy (non-hydrogen) atoms. The van der Waals surface area contributed by atoms with Gasteiger partial charge in [0.1, 0.15) is 11.4 Å². The van der Waals surface area contributed by atoms with E-state index in [1.165, 1.54) is 5.56 Å². The Morgan fingerprint density at radius 2 is 2.29 bits per heavy atom. The second-order valence-corrected chi connectivity index (χ2v) is 3.82. The summed E-state index contributed by atoms with van der Waals surface area (Å²) in [4.78, 5) is 1.59. The summed E-state index contributed by atoms with van der Waals surface area (Å²) in [6.07, 6.45) is 2.07. The molecule has 1 heterocycles. The zero-order valence-corrected chi connectivity index (χ0v) is 8.93. The van der Waals surface area contributed by atoms with Crippen molar-refractivity contribution in [2.24, 2.45) is 0 Å². The third-order valence-corrected chi connectivity index (χ3v) is 2.54. The fourth-order valence-electron chi connectivity index (χ4n) is 1.25. The maximum atomic E-state index is 5.20. The number of thioether (sulfide) groups is 1. The molecule has 0 saturated heterocycles. The fraction of sp³-hybridized carbons (Fsp3) is 0.333. The maximum absolute atomic E-state index is 5.20. The van der Waals surface area contributed by atoms with Crippen LogP contribution >= 0.6 is 11.8 Å². The molecule has 2 aromatic rings. The Morgan fingerprint density at radius 3 is 2.86 bits per heavy atom.